The van der Waals surface area contributed by atoms with Crippen LogP contribution in [0.1, 0.15) is 0 Å². The Balaban J connectivity index is 1.73. The first kappa shape index (κ1) is 10.9. The summed E-state index contributed by atoms with van der Waals surface area (Å²) >= 11 is 1.70. The third kappa shape index (κ3) is 3.15. The quantitative estimate of drug-likeness (QED) is 0.809. The Morgan fingerprint density at radius 2 is 2.33 bits per heavy atom. The number of aromatic nitrogens is 1. The number of anilines is 1. The molecule has 0 unspecified atom stereocenters. The Hall–Kier alpha value is -0.650. The summed E-state index contributed by atoms with van der Waals surface area (Å²) in [4.78, 5) is 9.02. The lowest BCUT2D eigenvalue weighted by Crippen LogP contribution is -2.45. The molecule has 0 spiro atoms. The van der Waals surface area contributed by atoms with E-state index in [1.54, 1.807) is 11.3 Å². The van der Waals surface area contributed by atoms with Gasteiger partial charge in [0.25, 0.3) is 0 Å². The molecular formula is C10H18N4S. The molecule has 0 amide bonds. The highest BCUT2D eigenvalue weighted by molar-refractivity contribution is 7.13. The van der Waals surface area contributed by atoms with Crippen LogP contribution in [0, 0.1) is 0 Å². The summed E-state index contributed by atoms with van der Waals surface area (Å²) in [6.07, 6.45) is 1.86. The smallest absolute Gasteiger partial charge is 0.185 e. The molecule has 1 saturated heterocycles. The van der Waals surface area contributed by atoms with Crippen molar-refractivity contribution in [2.24, 2.45) is 0 Å². The summed E-state index contributed by atoms with van der Waals surface area (Å²) in [5.41, 5.74) is 0. The number of nitrogens with zero attached hydrogens (tertiary/aromatic N) is 3. The molecule has 84 valence electrons. The number of piperazine rings is 1. The predicted molar refractivity (Wildman–Crippen MR) is 64.7 cm³/mol. The van der Waals surface area contributed by atoms with Gasteiger partial charge in [-0.15, -0.1) is 11.3 Å². The van der Waals surface area contributed by atoms with Crippen molar-refractivity contribution in [3.63, 3.8) is 0 Å². The van der Waals surface area contributed by atoms with Crippen LogP contribution >= 0.6 is 11.3 Å². The lowest BCUT2D eigenvalue weighted by molar-refractivity contribution is 0.246. The topological polar surface area (TPSA) is 31.4 Å². The minimum atomic E-state index is 1.06. The Bertz CT molecular complexity index is 269. The Morgan fingerprint density at radius 3 is 3.00 bits per heavy atom. The Labute approximate surface area is 94.9 Å². The van der Waals surface area contributed by atoms with E-state index >= 15 is 0 Å². The molecule has 0 bridgehead atoms. The summed E-state index contributed by atoms with van der Waals surface area (Å²) < 4.78 is 0. The van der Waals surface area contributed by atoms with Gasteiger partial charge in [-0.1, -0.05) is 0 Å². The monoisotopic (exact) mass is 226 g/mol. The molecule has 4 nitrogen and oxygen atoms in total. The highest BCUT2D eigenvalue weighted by Gasteiger charge is 2.10. The number of nitrogens with one attached hydrogen (secondary N) is 1. The number of thiazole rings is 1. The minimum absolute atomic E-state index is 1.06. The first-order chi connectivity index (χ1) is 7.36. The summed E-state index contributed by atoms with van der Waals surface area (Å²) in [5.74, 6) is 0. The van der Waals surface area contributed by atoms with Crippen molar-refractivity contribution in [3.8, 4) is 0 Å². The second-order valence-electron chi connectivity index (χ2n) is 3.83. The summed E-state index contributed by atoms with van der Waals surface area (Å²) in [7, 11) is 2.11. The molecule has 0 aromatic carbocycles. The van der Waals surface area contributed by atoms with Crippen LogP contribution in [0.2, 0.25) is 0 Å². The number of hydrogen-bond acceptors (Lipinski definition) is 5. The molecule has 0 saturated carbocycles. The van der Waals surface area contributed by atoms with Crippen LogP contribution in [-0.4, -0.2) is 56.2 Å². The fourth-order valence-corrected chi connectivity index (χ4v) is 2.36. The molecular weight excluding hydrogens is 208 g/mol. The zero-order chi connectivity index (χ0) is 10.5. The molecule has 1 fully saturated rings. The van der Waals surface area contributed by atoms with E-state index in [2.05, 4.69) is 27.1 Å². The predicted octanol–water partition coefficient (Wildman–Crippen LogP) is 0.484. The first-order valence-electron chi connectivity index (χ1n) is 5.40. The molecule has 1 aliphatic heterocycles. The highest BCUT2D eigenvalue weighted by Crippen LogP contribution is 2.14. The third-order valence-electron chi connectivity index (χ3n) is 2.71. The molecule has 15 heavy (non-hydrogen) atoms. The molecule has 0 aliphatic carbocycles. The van der Waals surface area contributed by atoms with Gasteiger partial charge < -0.3 is 10.2 Å². The van der Waals surface area contributed by atoms with E-state index in [4.69, 9.17) is 0 Å². The van der Waals surface area contributed by atoms with E-state index in [1.165, 1.54) is 13.1 Å². The van der Waals surface area contributed by atoms with Gasteiger partial charge in [0.1, 0.15) is 0 Å². The molecule has 1 aromatic heterocycles. The second kappa shape index (κ2) is 5.44. The average molecular weight is 226 g/mol. The van der Waals surface area contributed by atoms with Crippen LogP contribution in [0.15, 0.2) is 11.6 Å². The average Bonchev–Trinajstić information content (AvgIpc) is 2.81. The van der Waals surface area contributed by atoms with Crippen molar-refractivity contribution < 1.29 is 0 Å². The van der Waals surface area contributed by atoms with Crippen molar-refractivity contribution >= 4 is 16.5 Å². The maximum absolute atomic E-state index is 4.29. The van der Waals surface area contributed by atoms with Crippen molar-refractivity contribution in [2.45, 2.75) is 0 Å². The number of hydrogen-bond donors (Lipinski definition) is 1. The van der Waals surface area contributed by atoms with Crippen molar-refractivity contribution in [1.29, 1.82) is 0 Å². The van der Waals surface area contributed by atoms with Gasteiger partial charge in [-0.05, 0) is 0 Å². The van der Waals surface area contributed by atoms with Gasteiger partial charge in [0, 0.05) is 57.9 Å². The largest absolute Gasteiger partial charge is 0.350 e. The molecule has 1 N–H and O–H groups in total. The molecule has 2 heterocycles. The lowest BCUT2D eigenvalue weighted by Gasteiger charge is -2.28. The molecule has 2 rings (SSSR count). The second-order valence-corrected chi connectivity index (χ2v) is 4.70. The minimum Gasteiger partial charge on any atom is -0.350 e. The zero-order valence-corrected chi connectivity index (χ0v) is 9.96. The SMILES string of the molecule is CN(CCN1CCNCC1)c1nccs1. The molecule has 0 radical (unpaired) electrons. The van der Waals surface area contributed by atoms with Crippen LogP contribution in [-0.2, 0) is 0 Å². The normalized spacial score (nSPS) is 17.9. The van der Waals surface area contributed by atoms with Crippen LogP contribution < -0.4 is 10.2 Å². The third-order valence-corrected chi connectivity index (χ3v) is 3.59. The van der Waals surface area contributed by atoms with Gasteiger partial charge in [-0.3, -0.25) is 4.90 Å². The van der Waals surface area contributed by atoms with Crippen LogP contribution in [0.4, 0.5) is 5.13 Å². The molecule has 5 heteroatoms. The van der Waals surface area contributed by atoms with Crippen LogP contribution in [0.25, 0.3) is 0 Å². The van der Waals surface area contributed by atoms with Gasteiger partial charge in [-0.25, -0.2) is 4.98 Å². The fourth-order valence-electron chi connectivity index (χ4n) is 1.73. The number of likely N-dealkylation sites (N-methyl/N-ethyl adjacent to an activating group) is 1. The van der Waals surface area contributed by atoms with E-state index in [9.17, 15) is 0 Å². The molecule has 0 atom stereocenters. The van der Waals surface area contributed by atoms with Gasteiger partial charge in [-0.2, -0.15) is 0 Å². The zero-order valence-electron chi connectivity index (χ0n) is 9.15. The summed E-state index contributed by atoms with van der Waals surface area (Å²) in [6.45, 7) is 6.80. The standard InChI is InChI=1S/C10H18N4S/c1-13(10-12-4-9-15-10)7-8-14-5-2-11-3-6-14/h4,9,11H,2-3,5-8H2,1H3. The molecule has 1 aliphatic rings. The van der Waals surface area contributed by atoms with Crippen LogP contribution in [0.3, 0.4) is 0 Å². The van der Waals surface area contributed by atoms with Crippen molar-refractivity contribution in [2.75, 3.05) is 51.2 Å². The van der Waals surface area contributed by atoms with Gasteiger partial charge >= 0.3 is 0 Å². The van der Waals surface area contributed by atoms with Gasteiger partial charge in [0.15, 0.2) is 5.13 Å². The van der Waals surface area contributed by atoms with Crippen LogP contribution in [0.5, 0.6) is 0 Å². The van der Waals surface area contributed by atoms with E-state index in [0.29, 0.717) is 0 Å². The summed E-state index contributed by atoms with van der Waals surface area (Å²) in [6, 6.07) is 0. The highest BCUT2D eigenvalue weighted by atomic mass is 32.1. The van der Waals surface area contributed by atoms with E-state index in [1.807, 2.05) is 11.6 Å². The van der Waals surface area contributed by atoms with E-state index in [0.717, 1.165) is 31.3 Å². The van der Waals surface area contributed by atoms with Crippen molar-refractivity contribution in [1.82, 2.24) is 15.2 Å². The Kier molecular flexibility index (Phi) is 3.94. The van der Waals surface area contributed by atoms with E-state index < -0.39 is 0 Å². The number of rotatable bonds is 4. The first-order valence-corrected chi connectivity index (χ1v) is 6.28. The van der Waals surface area contributed by atoms with Crippen molar-refractivity contribution in [3.05, 3.63) is 11.6 Å². The fraction of sp³-hybridized carbons (Fsp3) is 0.700. The maximum atomic E-state index is 4.29. The maximum Gasteiger partial charge on any atom is 0.185 e. The van der Waals surface area contributed by atoms with E-state index in [-0.39, 0.29) is 0 Å². The van der Waals surface area contributed by atoms with Gasteiger partial charge in [0.05, 0.1) is 0 Å². The Morgan fingerprint density at radius 1 is 1.53 bits per heavy atom. The summed E-state index contributed by atoms with van der Waals surface area (Å²) in [5, 5.41) is 6.50. The lowest BCUT2D eigenvalue weighted by atomic mass is 10.3. The van der Waals surface area contributed by atoms with Gasteiger partial charge in [0.2, 0.25) is 0 Å². The molecule has 1 aromatic rings.